The number of piperidine rings is 1. The number of imide groups is 1. The van der Waals surface area contributed by atoms with Crippen molar-refractivity contribution >= 4 is 29.2 Å². The van der Waals surface area contributed by atoms with Crippen molar-refractivity contribution < 1.29 is 28.6 Å². The number of rotatable bonds is 8. The summed E-state index contributed by atoms with van der Waals surface area (Å²) in [5.41, 5.74) is -0.614. The molecule has 2 amide bonds. The fourth-order valence-electron chi connectivity index (χ4n) is 6.91. The van der Waals surface area contributed by atoms with Crippen LogP contribution in [-0.4, -0.2) is 81.1 Å². The van der Waals surface area contributed by atoms with Crippen LogP contribution >= 0.6 is 0 Å². The molecule has 262 valence electrons. The van der Waals surface area contributed by atoms with Crippen LogP contribution in [0.2, 0.25) is 0 Å². The van der Waals surface area contributed by atoms with E-state index in [9.17, 15) is 19.2 Å². The molecule has 2 heterocycles. The van der Waals surface area contributed by atoms with E-state index < -0.39 is 35.3 Å². The molecule has 47 heavy (non-hydrogen) atoms. The second kappa shape index (κ2) is 15.7. The summed E-state index contributed by atoms with van der Waals surface area (Å²) in [6, 6.07) is 7.06. The molecule has 2 fully saturated rings. The molecule has 1 saturated carbocycles. The maximum Gasteiger partial charge on any atom is 0.419 e. The Hall–Kier alpha value is -3.34. The number of hydrogen-bond donors (Lipinski definition) is 0. The highest BCUT2D eigenvalue weighted by atomic mass is 16.6. The molecule has 1 aromatic heterocycles. The number of benzene rings is 1. The standard InChI is InChI=1S/C36H56N4O7/c1-8-45-31(41)27-25-37(24-26-16-12-10-9-11-13-17-26)21-20-28(27)40-30-19-15-14-18-29(30)38(32(40)42)22-23-39(33(43)46-35(2,3)4)34(44)47-36(5,6)7/h14-15,18-19,26-28H,8-13,16-17,20-25H2,1-7H3. The molecule has 2 aliphatic rings. The fraction of sp³-hybridized carbons (Fsp3) is 0.722. The van der Waals surface area contributed by atoms with Crippen molar-refractivity contribution in [2.75, 3.05) is 32.8 Å². The first kappa shape index (κ1) is 36.5. The SMILES string of the molecule is CCOC(=O)C1CN(CC2CCCCCCC2)CCC1n1c(=O)n(CCN(C(=O)OC(C)(C)C)C(=O)OC(C)(C)C)c2ccccc21. The number of carbonyl (C=O) groups excluding carboxylic acids is 3. The number of carbonyl (C=O) groups is 3. The highest BCUT2D eigenvalue weighted by molar-refractivity contribution is 5.88. The first-order chi connectivity index (χ1) is 22.2. The number of aromatic nitrogens is 2. The molecule has 0 spiro atoms. The van der Waals surface area contributed by atoms with Crippen LogP contribution in [0.15, 0.2) is 29.1 Å². The maximum atomic E-state index is 14.3. The molecule has 1 aliphatic carbocycles. The van der Waals surface area contributed by atoms with Gasteiger partial charge < -0.3 is 19.1 Å². The Balaban J connectivity index is 1.63. The van der Waals surface area contributed by atoms with Gasteiger partial charge in [-0.05, 0) is 85.8 Å². The van der Waals surface area contributed by atoms with E-state index in [4.69, 9.17) is 14.2 Å². The highest BCUT2D eigenvalue weighted by Crippen LogP contribution is 2.33. The van der Waals surface area contributed by atoms with Crippen molar-refractivity contribution in [3.05, 3.63) is 34.7 Å². The summed E-state index contributed by atoms with van der Waals surface area (Å²) in [4.78, 5) is 57.4. The Morgan fingerprint density at radius 1 is 0.851 bits per heavy atom. The lowest BCUT2D eigenvalue weighted by molar-refractivity contribution is -0.152. The lowest BCUT2D eigenvalue weighted by atomic mass is 9.88. The topological polar surface area (TPSA) is 112 Å². The first-order valence-corrected chi connectivity index (χ1v) is 17.5. The summed E-state index contributed by atoms with van der Waals surface area (Å²) in [5.74, 6) is -0.170. The number of ether oxygens (including phenoxy) is 3. The molecule has 11 heteroatoms. The van der Waals surface area contributed by atoms with Crippen LogP contribution in [0.4, 0.5) is 9.59 Å². The third-order valence-corrected chi connectivity index (χ3v) is 8.97. The average molecular weight is 657 g/mol. The van der Waals surface area contributed by atoms with E-state index in [-0.39, 0.29) is 31.4 Å². The van der Waals surface area contributed by atoms with Crippen molar-refractivity contribution in [3.8, 4) is 0 Å². The van der Waals surface area contributed by atoms with Crippen LogP contribution in [0.5, 0.6) is 0 Å². The maximum absolute atomic E-state index is 14.3. The quantitative estimate of drug-likeness (QED) is 0.226. The number of imidazole rings is 1. The fourth-order valence-corrected chi connectivity index (χ4v) is 6.91. The van der Waals surface area contributed by atoms with Gasteiger partial charge in [-0.2, -0.15) is 0 Å². The van der Waals surface area contributed by atoms with Crippen molar-refractivity contribution in [2.24, 2.45) is 11.8 Å². The van der Waals surface area contributed by atoms with Gasteiger partial charge in [0.1, 0.15) is 11.2 Å². The van der Waals surface area contributed by atoms with E-state index in [0.29, 0.717) is 29.9 Å². The monoisotopic (exact) mass is 656 g/mol. The number of amides is 2. The number of esters is 1. The van der Waals surface area contributed by atoms with Gasteiger partial charge in [0.15, 0.2) is 0 Å². The summed E-state index contributed by atoms with van der Waals surface area (Å²) in [5, 5.41) is 0. The van der Waals surface area contributed by atoms with Gasteiger partial charge in [0.05, 0.1) is 36.1 Å². The van der Waals surface area contributed by atoms with Gasteiger partial charge in [-0.1, -0.05) is 44.2 Å². The third kappa shape index (κ3) is 9.84. The largest absolute Gasteiger partial charge is 0.466 e. The summed E-state index contributed by atoms with van der Waals surface area (Å²) < 4.78 is 19.9. The van der Waals surface area contributed by atoms with Crippen LogP contribution in [0.3, 0.4) is 0 Å². The highest BCUT2D eigenvalue weighted by Gasteiger charge is 2.39. The molecule has 2 unspecified atom stereocenters. The molecule has 0 N–H and O–H groups in total. The van der Waals surface area contributed by atoms with Crippen molar-refractivity contribution in [1.82, 2.24) is 18.9 Å². The molecular formula is C36H56N4O7. The van der Waals surface area contributed by atoms with Crippen LogP contribution < -0.4 is 5.69 Å². The molecule has 0 radical (unpaired) electrons. The molecule has 2 atom stereocenters. The van der Waals surface area contributed by atoms with Crippen molar-refractivity contribution in [1.29, 1.82) is 0 Å². The zero-order chi connectivity index (χ0) is 34.4. The smallest absolute Gasteiger partial charge is 0.419 e. The summed E-state index contributed by atoms with van der Waals surface area (Å²) in [6.07, 6.45) is 7.82. The van der Waals surface area contributed by atoms with Gasteiger partial charge in [0, 0.05) is 26.2 Å². The van der Waals surface area contributed by atoms with Gasteiger partial charge in [-0.15, -0.1) is 0 Å². The van der Waals surface area contributed by atoms with Gasteiger partial charge in [-0.25, -0.2) is 19.3 Å². The predicted molar refractivity (Wildman–Crippen MR) is 181 cm³/mol. The second-order valence-corrected chi connectivity index (χ2v) is 15.1. The number of para-hydroxylation sites is 2. The van der Waals surface area contributed by atoms with Gasteiger partial charge in [0.25, 0.3) is 0 Å². The summed E-state index contributed by atoms with van der Waals surface area (Å²) in [6.45, 7) is 14.6. The van der Waals surface area contributed by atoms with E-state index >= 15 is 0 Å². The number of likely N-dealkylation sites (tertiary alicyclic amines) is 1. The Labute approximate surface area is 279 Å². The molecule has 4 rings (SSSR count). The normalized spacial score (nSPS) is 20.3. The van der Waals surface area contributed by atoms with Crippen molar-refractivity contribution in [2.45, 2.75) is 124 Å². The van der Waals surface area contributed by atoms with Gasteiger partial charge >= 0.3 is 23.8 Å². The number of nitrogens with zero attached hydrogens (tertiary/aromatic N) is 4. The minimum atomic E-state index is -0.845. The van der Waals surface area contributed by atoms with Gasteiger partial charge in [-0.3, -0.25) is 13.9 Å². The number of hydrogen-bond acceptors (Lipinski definition) is 8. The molecule has 1 saturated heterocycles. The Kier molecular flexibility index (Phi) is 12.2. The number of fused-ring (bicyclic) bond motifs is 1. The zero-order valence-electron chi connectivity index (χ0n) is 29.6. The van der Waals surface area contributed by atoms with E-state index in [2.05, 4.69) is 4.90 Å². The Morgan fingerprint density at radius 2 is 1.43 bits per heavy atom. The molecule has 11 nitrogen and oxygen atoms in total. The average Bonchev–Trinajstić information content (AvgIpc) is 3.23. The molecule has 0 bridgehead atoms. The van der Waals surface area contributed by atoms with Crippen LogP contribution in [0.1, 0.15) is 106 Å². The zero-order valence-corrected chi connectivity index (χ0v) is 29.6. The second-order valence-electron chi connectivity index (χ2n) is 15.1. The van der Waals surface area contributed by atoms with E-state index in [1.807, 2.05) is 24.3 Å². The van der Waals surface area contributed by atoms with Crippen LogP contribution in [-0.2, 0) is 25.5 Å². The third-order valence-electron chi connectivity index (χ3n) is 8.97. The van der Waals surface area contributed by atoms with Crippen LogP contribution in [0.25, 0.3) is 11.0 Å². The van der Waals surface area contributed by atoms with Crippen molar-refractivity contribution in [3.63, 3.8) is 0 Å². The minimum Gasteiger partial charge on any atom is -0.466 e. The summed E-state index contributed by atoms with van der Waals surface area (Å²) in [7, 11) is 0. The molecule has 1 aromatic carbocycles. The Morgan fingerprint density at radius 3 is 2.00 bits per heavy atom. The molecule has 2 aromatic rings. The van der Waals surface area contributed by atoms with E-state index in [1.54, 1.807) is 57.6 Å². The van der Waals surface area contributed by atoms with E-state index in [0.717, 1.165) is 18.0 Å². The lowest BCUT2D eigenvalue weighted by Gasteiger charge is -2.39. The van der Waals surface area contributed by atoms with E-state index in [1.165, 1.54) is 44.9 Å². The van der Waals surface area contributed by atoms with Crippen LogP contribution in [0, 0.1) is 11.8 Å². The first-order valence-electron chi connectivity index (χ1n) is 17.5. The minimum absolute atomic E-state index is 0.0232. The molecule has 1 aliphatic heterocycles. The van der Waals surface area contributed by atoms with Gasteiger partial charge in [0.2, 0.25) is 0 Å². The lowest BCUT2D eigenvalue weighted by Crippen LogP contribution is -2.48. The Bertz CT molecular complexity index is 1400. The summed E-state index contributed by atoms with van der Waals surface area (Å²) >= 11 is 0. The predicted octanol–water partition coefficient (Wildman–Crippen LogP) is 6.76. The molecular weight excluding hydrogens is 600 g/mol.